The normalized spacial score (nSPS) is 12.3. The first-order valence-corrected chi connectivity index (χ1v) is 8.06. The van der Waals surface area contributed by atoms with Crippen LogP contribution in [0, 0.1) is 0 Å². The highest BCUT2D eigenvalue weighted by Gasteiger charge is 2.15. The molecular formula is C19H21N3O3. The number of nitrogens with one attached hydrogen (secondary N) is 1. The first-order chi connectivity index (χ1) is 12.0. The molecular weight excluding hydrogens is 318 g/mol. The van der Waals surface area contributed by atoms with Crippen LogP contribution >= 0.6 is 0 Å². The second kappa shape index (κ2) is 6.94. The Kier molecular flexibility index (Phi) is 4.72. The van der Waals surface area contributed by atoms with E-state index in [2.05, 4.69) is 16.5 Å². The molecule has 0 unspecified atom stereocenters. The van der Waals surface area contributed by atoms with Crippen LogP contribution in [-0.4, -0.2) is 28.0 Å². The maximum Gasteiger partial charge on any atom is 0.339 e. The Morgan fingerprint density at radius 1 is 1.32 bits per heavy atom. The molecule has 2 aromatic carbocycles. The number of aromatic nitrogens is 2. The van der Waals surface area contributed by atoms with Crippen LogP contribution < -0.4 is 10.1 Å². The summed E-state index contributed by atoms with van der Waals surface area (Å²) < 4.78 is 6.98. The number of carboxylic acid groups (broad SMARTS) is 1. The number of ether oxygens (including phenoxy) is 1. The molecule has 0 saturated heterocycles. The molecule has 0 amide bonds. The fourth-order valence-corrected chi connectivity index (χ4v) is 2.95. The maximum absolute atomic E-state index is 11.4. The average Bonchev–Trinajstić information content (AvgIpc) is 2.95. The Bertz CT molecular complexity index is 917. The van der Waals surface area contributed by atoms with Gasteiger partial charge in [0.1, 0.15) is 11.3 Å². The molecule has 0 radical (unpaired) electrons. The van der Waals surface area contributed by atoms with E-state index in [4.69, 9.17) is 4.74 Å². The maximum atomic E-state index is 11.4. The van der Waals surface area contributed by atoms with Crippen molar-refractivity contribution < 1.29 is 14.6 Å². The van der Waals surface area contributed by atoms with Crippen LogP contribution in [0.2, 0.25) is 0 Å². The van der Waals surface area contributed by atoms with Crippen LogP contribution in [0.15, 0.2) is 42.5 Å². The quantitative estimate of drug-likeness (QED) is 0.721. The van der Waals surface area contributed by atoms with Crippen LogP contribution in [0.4, 0.5) is 0 Å². The molecule has 6 nitrogen and oxygen atoms in total. The summed E-state index contributed by atoms with van der Waals surface area (Å²) in [4.78, 5) is 11.4. The van der Waals surface area contributed by atoms with Gasteiger partial charge in [0.2, 0.25) is 0 Å². The number of benzene rings is 2. The number of methoxy groups -OCH3 is 1. The number of hydrogen-bond donors (Lipinski definition) is 2. The number of fused-ring (bicyclic) bond motifs is 1. The van der Waals surface area contributed by atoms with E-state index < -0.39 is 5.97 Å². The molecule has 1 atom stereocenters. The van der Waals surface area contributed by atoms with Gasteiger partial charge in [-0.2, -0.15) is 5.10 Å². The van der Waals surface area contributed by atoms with Gasteiger partial charge in [-0.15, -0.1) is 0 Å². The van der Waals surface area contributed by atoms with E-state index in [1.807, 2.05) is 42.9 Å². The average molecular weight is 339 g/mol. The second-order valence-corrected chi connectivity index (χ2v) is 5.95. The molecule has 3 rings (SSSR count). The number of para-hydroxylation sites is 1. The van der Waals surface area contributed by atoms with Crippen molar-refractivity contribution >= 4 is 16.9 Å². The van der Waals surface area contributed by atoms with E-state index in [0.29, 0.717) is 12.3 Å². The molecule has 2 N–H and O–H groups in total. The zero-order chi connectivity index (χ0) is 18.0. The van der Waals surface area contributed by atoms with Crippen molar-refractivity contribution in [2.75, 3.05) is 7.11 Å². The van der Waals surface area contributed by atoms with Gasteiger partial charge >= 0.3 is 5.97 Å². The number of carboxylic acids is 1. The summed E-state index contributed by atoms with van der Waals surface area (Å²) in [5.74, 6) is -0.638. The molecule has 3 aromatic rings. The van der Waals surface area contributed by atoms with Crippen LogP contribution in [0.5, 0.6) is 5.75 Å². The summed E-state index contributed by atoms with van der Waals surface area (Å²) in [6.45, 7) is 2.59. The molecule has 0 aliphatic heterocycles. The van der Waals surface area contributed by atoms with Crippen molar-refractivity contribution in [3.63, 3.8) is 0 Å². The van der Waals surface area contributed by atoms with Crippen molar-refractivity contribution in [1.82, 2.24) is 15.1 Å². The molecule has 0 saturated carbocycles. The Hall–Kier alpha value is -2.86. The summed E-state index contributed by atoms with van der Waals surface area (Å²) in [6, 6.07) is 13.3. The van der Waals surface area contributed by atoms with Gasteiger partial charge < -0.3 is 15.2 Å². The standard InChI is InChI=1S/C19H21N3O3/c1-12(13-8-9-18(25-3)15(10-13)19(23)24)20-11-16-14-6-4-5-7-17(14)22(2)21-16/h4-10,12,20H,11H2,1-3H3,(H,23,24)/t12-/m0/s1. The SMILES string of the molecule is COc1ccc([C@H](C)NCc2nn(C)c3ccccc23)cc1C(=O)O. The molecule has 0 spiro atoms. The first-order valence-electron chi connectivity index (χ1n) is 8.06. The number of nitrogens with zero attached hydrogens (tertiary/aromatic N) is 2. The topological polar surface area (TPSA) is 76.4 Å². The van der Waals surface area contributed by atoms with Gasteiger partial charge in [0.25, 0.3) is 0 Å². The number of rotatable bonds is 6. The lowest BCUT2D eigenvalue weighted by Gasteiger charge is -2.15. The highest BCUT2D eigenvalue weighted by Crippen LogP contribution is 2.24. The highest BCUT2D eigenvalue weighted by molar-refractivity contribution is 5.91. The fourth-order valence-electron chi connectivity index (χ4n) is 2.95. The minimum absolute atomic E-state index is 0.0234. The summed E-state index contributed by atoms with van der Waals surface area (Å²) >= 11 is 0. The zero-order valence-electron chi connectivity index (χ0n) is 14.5. The van der Waals surface area contributed by atoms with Crippen molar-refractivity contribution in [3.8, 4) is 5.75 Å². The van der Waals surface area contributed by atoms with Gasteiger partial charge in [0.15, 0.2) is 0 Å². The van der Waals surface area contributed by atoms with Crippen molar-refractivity contribution in [3.05, 3.63) is 59.3 Å². The molecule has 0 fully saturated rings. The number of carbonyl (C=O) groups is 1. The van der Waals surface area contributed by atoms with Gasteiger partial charge in [-0.25, -0.2) is 4.79 Å². The fraction of sp³-hybridized carbons (Fsp3) is 0.263. The Morgan fingerprint density at radius 2 is 2.08 bits per heavy atom. The minimum atomic E-state index is -0.998. The Labute approximate surface area is 146 Å². The van der Waals surface area contributed by atoms with E-state index in [9.17, 15) is 9.90 Å². The predicted molar refractivity (Wildman–Crippen MR) is 95.9 cm³/mol. The smallest absolute Gasteiger partial charge is 0.339 e. The van der Waals surface area contributed by atoms with E-state index in [1.54, 1.807) is 12.1 Å². The van der Waals surface area contributed by atoms with Gasteiger partial charge in [-0.1, -0.05) is 24.3 Å². The Morgan fingerprint density at radius 3 is 2.80 bits per heavy atom. The predicted octanol–water partition coefficient (Wildman–Crippen LogP) is 3.13. The lowest BCUT2D eigenvalue weighted by Crippen LogP contribution is -2.19. The van der Waals surface area contributed by atoms with Gasteiger partial charge in [0.05, 0.1) is 18.3 Å². The minimum Gasteiger partial charge on any atom is -0.496 e. The van der Waals surface area contributed by atoms with Gasteiger partial charge in [-0.05, 0) is 30.7 Å². The van der Waals surface area contributed by atoms with Crippen LogP contribution in [0.1, 0.15) is 34.6 Å². The van der Waals surface area contributed by atoms with Crippen molar-refractivity contribution in [2.24, 2.45) is 7.05 Å². The van der Waals surface area contributed by atoms with E-state index in [1.165, 1.54) is 7.11 Å². The van der Waals surface area contributed by atoms with E-state index in [0.717, 1.165) is 22.2 Å². The molecule has 25 heavy (non-hydrogen) atoms. The monoisotopic (exact) mass is 339 g/mol. The molecule has 0 bridgehead atoms. The molecule has 130 valence electrons. The second-order valence-electron chi connectivity index (χ2n) is 5.95. The third-order valence-corrected chi connectivity index (χ3v) is 4.36. The summed E-state index contributed by atoms with van der Waals surface area (Å²) in [6.07, 6.45) is 0. The molecule has 1 heterocycles. The van der Waals surface area contributed by atoms with Crippen molar-refractivity contribution in [2.45, 2.75) is 19.5 Å². The third-order valence-electron chi connectivity index (χ3n) is 4.36. The van der Waals surface area contributed by atoms with Crippen LogP contribution in [0.25, 0.3) is 10.9 Å². The third kappa shape index (κ3) is 3.34. The van der Waals surface area contributed by atoms with Gasteiger partial charge in [-0.3, -0.25) is 4.68 Å². The number of hydrogen-bond acceptors (Lipinski definition) is 4. The zero-order valence-corrected chi connectivity index (χ0v) is 14.5. The summed E-state index contributed by atoms with van der Waals surface area (Å²) in [5, 5.41) is 18.4. The summed E-state index contributed by atoms with van der Waals surface area (Å²) in [5.41, 5.74) is 3.11. The molecule has 0 aliphatic carbocycles. The largest absolute Gasteiger partial charge is 0.496 e. The van der Waals surface area contributed by atoms with E-state index in [-0.39, 0.29) is 11.6 Å². The summed E-state index contributed by atoms with van der Waals surface area (Å²) in [7, 11) is 3.40. The molecule has 0 aliphatic rings. The van der Waals surface area contributed by atoms with Gasteiger partial charge in [0, 0.05) is 25.0 Å². The number of aromatic carboxylic acids is 1. The molecule has 6 heteroatoms. The van der Waals surface area contributed by atoms with Crippen LogP contribution in [-0.2, 0) is 13.6 Å². The first kappa shape index (κ1) is 17.0. The van der Waals surface area contributed by atoms with Crippen molar-refractivity contribution in [1.29, 1.82) is 0 Å². The molecule has 1 aromatic heterocycles. The lowest BCUT2D eigenvalue weighted by molar-refractivity contribution is 0.0693. The number of aryl methyl sites for hydroxylation is 1. The van der Waals surface area contributed by atoms with E-state index >= 15 is 0 Å². The highest BCUT2D eigenvalue weighted by atomic mass is 16.5. The Balaban J connectivity index is 1.79. The van der Waals surface area contributed by atoms with Crippen LogP contribution in [0.3, 0.4) is 0 Å². The lowest BCUT2D eigenvalue weighted by atomic mass is 10.0.